The molecule has 0 aliphatic carbocycles. The molecule has 0 fully saturated rings. The highest BCUT2D eigenvalue weighted by Crippen LogP contribution is 2.39. The van der Waals surface area contributed by atoms with E-state index in [1.165, 1.54) is 0 Å². The highest BCUT2D eigenvalue weighted by atomic mass is 35.5. The maximum absolute atomic E-state index is 6.53. The summed E-state index contributed by atoms with van der Waals surface area (Å²) in [5, 5.41) is 0. The van der Waals surface area contributed by atoms with Gasteiger partial charge in [-0.3, -0.25) is 4.90 Å². The largest absolute Gasteiger partial charge is 0.493 e. The third-order valence-electron chi connectivity index (χ3n) is 4.74. The summed E-state index contributed by atoms with van der Waals surface area (Å²) in [7, 11) is 0. The highest BCUT2D eigenvalue weighted by Gasteiger charge is 2.34. The van der Waals surface area contributed by atoms with E-state index in [1.807, 2.05) is 54.6 Å². The van der Waals surface area contributed by atoms with E-state index in [-0.39, 0.29) is 12.0 Å². The van der Waals surface area contributed by atoms with Crippen molar-refractivity contribution in [2.45, 2.75) is 12.0 Å². The van der Waals surface area contributed by atoms with Crippen molar-refractivity contribution in [1.29, 1.82) is 0 Å². The molecule has 1 aliphatic rings. The van der Waals surface area contributed by atoms with Gasteiger partial charge in [-0.15, -0.1) is 24.8 Å². The molecular weight excluding hydrogens is 358 g/mol. The lowest BCUT2D eigenvalue weighted by atomic mass is 9.92. The van der Waals surface area contributed by atoms with Crippen LogP contribution in [0.3, 0.4) is 0 Å². The predicted octanol–water partition coefficient (Wildman–Crippen LogP) is 5.23. The van der Waals surface area contributed by atoms with Gasteiger partial charge < -0.3 is 9.47 Å². The second-order valence-corrected chi connectivity index (χ2v) is 6.95. The number of para-hydroxylation sites is 2. The Labute approximate surface area is 166 Å². The van der Waals surface area contributed by atoms with Crippen LogP contribution in [0.2, 0.25) is 0 Å². The van der Waals surface area contributed by atoms with Crippen LogP contribution < -0.4 is 9.47 Å². The van der Waals surface area contributed by atoms with Crippen LogP contribution in [0.15, 0.2) is 73.8 Å². The Hall–Kier alpha value is -2.23. The van der Waals surface area contributed by atoms with E-state index in [2.05, 4.69) is 24.1 Å². The molecule has 27 heavy (non-hydrogen) atoms. The molecule has 1 heterocycles. The van der Waals surface area contributed by atoms with Gasteiger partial charge in [-0.25, -0.2) is 0 Å². The van der Waals surface area contributed by atoms with Crippen molar-refractivity contribution in [3.63, 3.8) is 0 Å². The smallest absolute Gasteiger partial charge is 0.135 e. The van der Waals surface area contributed by atoms with Gasteiger partial charge in [0.05, 0.1) is 12.5 Å². The van der Waals surface area contributed by atoms with E-state index in [4.69, 9.17) is 21.1 Å². The average Bonchev–Trinajstić information content (AvgIpc) is 2.70. The third kappa shape index (κ3) is 4.74. The molecule has 0 spiro atoms. The predicted molar refractivity (Wildman–Crippen MR) is 112 cm³/mol. The first kappa shape index (κ1) is 19.5. The Morgan fingerprint density at radius 2 is 1.78 bits per heavy atom. The van der Waals surface area contributed by atoms with Crippen molar-refractivity contribution in [3.05, 3.63) is 85.0 Å². The molecule has 1 aliphatic heterocycles. The van der Waals surface area contributed by atoms with Crippen LogP contribution in [0.4, 0.5) is 0 Å². The van der Waals surface area contributed by atoms with Gasteiger partial charge in [-0.05, 0) is 12.1 Å². The lowest BCUT2D eigenvalue weighted by Crippen LogP contribution is -2.39. The van der Waals surface area contributed by atoms with Crippen molar-refractivity contribution >= 4 is 11.6 Å². The lowest BCUT2D eigenvalue weighted by Gasteiger charge is -2.36. The van der Waals surface area contributed by atoms with Crippen molar-refractivity contribution in [2.75, 3.05) is 26.2 Å². The molecule has 0 N–H and O–H groups in total. The Morgan fingerprint density at radius 1 is 1.07 bits per heavy atom. The molecule has 0 radical (unpaired) electrons. The zero-order valence-corrected chi connectivity index (χ0v) is 16.3. The van der Waals surface area contributed by atoms with Crippen LogP contribution in [-0.4, -0.2) is 31.1 Å². The number of ether oxygens (including phenoxy) is 2. The number of hydrogen-bond acceptors (Lipinski definition) is 3. The quantitative estimate of drug-likeness (QED) is 0.437. The van der Waals surface area contributed by atoms with Crippen LogP contribution >= 0.6 is 11.6 Å². The summed E-state index contributed by atoms with van der Waals surface area (Å²) >= 11 is 6.12. The monoisotopic (exact) mass is 383 g/mol. The summed E-state index contributed by atoms with van der Waals surface area (Å²) in [6.07, 6.45) is 3.73. The van der Waals surface area contributed by atoms with Gasteiger partial charge in [0.2, 0.25) is 0 Å². The molecule has 0 bridgehead atoms. The first-order valence-electron chi connectivity index (χ1n) is 9.23. The van der Waals surface area contributed by atoms with Gasteiger partial charge >= 0.3 is 0 Å². The van der Waals surface area contributed by atoms with Gasteiger partial charge in [0.15, 0.2) is 0 Å². The first-order valence-corrected chi connectivity index (χ1v) is 9.76. The van der Waals surface area contributed by atoms with Gasteiger partial charge in [0.25, 0.3) is 0 Å². The Kier molecular flexibility index (Phi) is 6.97. The number of benzene rings is 2. The van der Waals surface area contributed by atoms with Crippen molar-refractivity contribution in [3.8, 4) is 11.5 Å². The summed E-state index contributed by atoms with van der Waals surface area (Å²) in [5.41, 5.74) is 2.08. The Morgan fingerprint density at radius 3 is 2.52 bits per heavy atom. The fourth-order valence-corrected chi connectivity index (χ4v) is 3.70. The average molecular weight is 384 g/mol. The number of hydrogen-bond donors (Lipinski definition) is 0. The molecule has 2 aromatic rings. The molecule has 4 heteroatoms. The van der Waals surface area contributed by atoms with Crippen LogP contribution in [0.5, 0.6) is 11.5 Å². The summed E-state index contributed by atoms with van der Waals surface area (Å²) in [6, 6.07) is 16.1. The number of nitrogens with zero attached hydrogens (tertiary/aromatic N) is 1. The van der Waals surface area contributed by atoms with E-state index in [0.29, 0.717) is 12.5 Å². The molecule has 0 unspecified atom stereocenters. The van der Waals surface area contributed by atoms with Crippen LogP contribution in [0.25, 0.3) is 0 Å². The van der Waals surface area contributed by atoms with Gasteiger partial charge in [0, 0.05) is 36.7 Å². The van der Waals surface area contributed by atoms with Crippen molar-refractivity contribution in [1.82, 2.24) is 4.90 Å². The van der Waals surface area contributed by atoms with Crippen LogP contribution in [0.1, 0.15) is 17.2 Å². The molecule has 0 aromatic heterocycles. The molecule has 0 saturated heterocycles. The van der Waals surface area contributed by atoms with Crippen LogP contribution in [-0.2, 0) is 5.88 Å². The zero-order chi connectivity index (χ0) is 19.1. The molecule has 0 saturated carbocycles. The normalized spacial score (nSPS) is 18.4. The number of fused-ring (bicyclic) bond motifs is 1. The lowest BCUT2D eigenvalue weighted by molar-refractivity contribution is 0.0489. The van der Waals surface area contributed by atoms with E-state index < -0.39 is 0 Å². The zero-order valence-electron chi connectivity index (χ0n) is 15.5. The molecule has 3 nitrogen and oxygen atoms in total. The van der Waals surface area contributed by atoms with Crippen LogP contribution in [0, 0.1) is 5.92 Å². The fourth-order valence-electron chi connectivity index (χ4n) is 3.48. The third-order valence-corrected chi connectivity index (χ3v) is 5.03. The second-order valence-electron chi connectivity index (χ2n) is 6.68. The summed E-state index contributed by atoms with van der Waals surface area (Å²) in [5.74, 6) is 2.33. The first-order chi connectivity index (χ1) is 13.3. The molecule has 0 amide bonds. The van der Waals surface area contributed by atoms with Gasteiger partial charge in [0.1, 0.15) is 17.6 Å². The molecule has 142 valence electrons. The van der Waals surface area contributed by atoms with Crippen molar-refractivity contribution in [2.24, 2.45) is 5.92 Å². The molecule has 2 atom stereocenters. The fraction of sp³-hybridized carbons (Fsp3) is 0.304. The minimum Gasteiger partial charge on any atom is -0.493 e. The SMILES string of the molecule is C=CCN(CC=C)C[C@@H]1COc2ccccc2[C@@H]1Oc1ccccc1CCl. The number of rotatable bonds is 9. The Bertz CT molecular complexity index is 766. The Balaban J connectivity index is 1.90. The number of halogens is 1. The van der Waals surface area contributed by atoms with E-state index in [1.54, 1.807) is 0 Å². The van der Waals surface area contributed by atoms with Gasteiger partial charge in [-0.2, -0.15) is 0 Å². The standard InChI is InChI=1S/C23H26ClNO2/c1-3-13-25(14-4-2)16-19-17-26-22-12-8-6-10-20(22)23(19)27-21-11-7-5-9-18(21)15-24/h3-12,19,23H,1-2,13-17H2/t19-,23-/m1/s1. The second kappa shape index (κ2) is 9.63. The topological polar surface area (TPSA) is 21.7 Å². The summed E-state index contributed by atoms with van der Waals surface area (Å²) in [6.45, 7) is 10.8. The summed E-state index contributed by atoms with van der Waals surface area (Å²) < 4.78 is 12.6. The summed E-state index contributed by atoms with van der Waals surface area (Å²) in [4.78, 5) is 2.30. The maximum Gasteiger partial charge on any atom is 0.135 e. The minimum absolute atomic E-state index is 0.101. The number of alkyl halides is 1. The molecular formula is C23H26ClNO2. The van der Waals surface area contributed by atoms with Crippen molar-refractivity contribution < 1.29 is 9.47 Å². The van der Waals surface area contributed by atoms with Gasteiger partial charge in [-0.1, -0.05) is 48.6 Å². The van der Waals surface area contributed by atoms with E-state index in [9.17, 15) is 0 Å². The molecule has 2 aromatic carbocycles. The van der Waals surface area contributed by atoms with E-state index >= 15 is 0 Å². The van der Waals surface area contributed by atoms with E-state index in [0.717, 1.165) is 42.3 Å². The molecule has 3 rings (SSSR count). The minimum atomic E-state index is -0.101. The maximum atomic E-state index is 6.53. The highest BCUT2D eigenvalue weighted by molar-refractivity contribution is 6.17.